The van der Waals surface area contributed by atoms with Gasteiger partial charge in [0.25, 0.3) is 0 Å². The van der Waals surface area contributed by atoms with Crippen molar-refractivity contribution in [2.75, 3.05) is 18.1 Å². The van der Waals surface area contributed by atoms with E-state index in [1.807, 2.05) is 18.7 Å². The van der Waals surface area contributed by atoms with Gasteiger partial charge in [0, 0.05) is 11.8 Å². The van der Waals surface area contributed by atoms with Gasteiger partial charge in [-0.15, -0.1) is 0 Å². The van der Waals surface area contributed by atoms with Crippen LogP contribution in [0.4, 0.5) is 0 Å². The highest BCUT2D eigenvalue weighted by Gasteiger charge is 2.42. The van der Waals surface area contributed by atoms with Crippen LogP contribution in [0.2, 0.25) is 0 Å². The van der Waals surface area contributed by atoms with E-state index >= 15 is 0 Å². The molecule has 1 unspecified atom stereocenters. The third-order valence-electron chi connectivity index (χ3n) is 4.24. The molecule has 110 valence electrons. The van der Waals surface area contributed by atoms with Crippen molar-refractivity contribution in [3.05, 3.63) is 0 Å². The van der Waals surface area contributed by atoms with Crippen molar-refractivity contribution in [2.45, 2.75) is 69.9 Å². The molecule has 4 heteroatoms. The van der Waals surface area contributed by atoms with E-state index in [2.05, 4.69) is 5.32 Å². The maximum atomic E-state index is 12.4. The van der Waals surface area contributed by atoms with E-state index in [1.165, 1.54) is 44.3 Å². The quantitative estimate of drug-likeness (QED) is 0.636. The smallest absolute Gasteiger partial charge is 0.327 e. The molecule has 3 nitrogen and oxygen atoms in total. The van der Waals surface area contributed by atoms with Gasteiger partial charge >= 0.3 is 5.97 Å². The Morgan fingerprint density at radius 3 is 2.58 bits per heavy atom. The molecule has 0 aromatic carbocycles. The van der Waals surface area contributed by atoms with Crippen LogP contribution >= 0.6 is 11.8 Å². The Hall–Kier alpha value is -0.220. The number of hydrogen-bond acceptors (Lipinski definition) is 4. The number of carbonyl (C=O) groups excluding carboxylic acids is 1. The third-order valence-corrected chi connectivity index (χ3v) is 5.52. The van der Waals surface area contributed by atoms with Crippen LogP contribution in [0.5, 0.6) is 0 Å². The second kappa shape index (κ2) is 7.53. The van der Waals surface area contributed by atoms with E-state index in [4.69, 9.17) is 4.74 Å². The minimum Gasteiger partial charge on any atom is -0.465 e. The first-order valence-electron chi connectivity index (χ1n) is 7.79. The van der Waals surface area contributed by atoms with Gasteiger partial charge in [-0.05, 0) is 38.4 Å². The SMILES string of the molecule is CCOC(=O)C1(NC2CCCCCC2)CCCSC1. The molecular weight excluding hydrogens is 258 g/mol. The summed E-state index contributed by atoms with van der Waals surface area (Å²) in [7, 11) is 0. The van der Waals surface area contributed by atoms with Gasteiger partial charge < -0.3 is 4.74 Å². The highest BCUT2D eigenvalue weighted by atomic mass is 32.2. The normalized spacial score (nSPS) is 29.7. The fourth-order valence-corrected chi connectivity index (χ4v) is 4.40. The van der Waals surface area contributed by atoms with Crippen LogP contribution in [0, 0.1) is 0 Å². The molecule has 0 bridgehead atoms. The number of hydrogen-bond donors (Lipinski definition) is 1. The first kappa shape index (κ1) is 15.2. The summed E-state index contributed by atoms with van der Waals surface area (Å²) in [5.41, 5.74) is -0.409. The molecule has 2 fully saturated rings. The number of ether oxygens (including phenoxy) is 1. The standard InChI is InChI=1S/C15H27NO2S/c1-2-18-14(17)15(10-7-11-19-12-15)16-13-8-5-3-4-6-9-13/h13,16H,2-12H2,1H3. The number of rotatable bonds is 4. The zero-order valence-electron chi connectivity index (χ0n) is 12.1. The van der Waals surface area contributed by atoms with Crippen LogP contribution < -0.4 is 5.32 Å². The summed E-state index contributed by atoms with van der Waals surface area (Å²) in [6, 6.07) is 0.505. The van der Waals surface area contributed by atoms with E-state index in [9.17, 15) is 4.79 Å². The molecule has 0 radical (unpaired) electrons. The van der Waals surface area contributed by atoms with Crippen molar-refractivity contribution < 1.29 is 9.53 Å². The topological polar surface area (TPSA) is 38.3 Å². The second-order valence-electron chi connectivity index (χ2n) is 5.79. The predicted molar refractivity (Wildman–Crippen MR) is 80.5 cm³/mol. The predicted octanol–water partition coefficient (Wildman–Crippen LogP) is 3.13. The van der Waals surface area contributed by atoms with E-state index < -0.39 is 5.54 Å². The molecule has 1 N–H and O–H groups in total. The van der Waals surface area contributed by atoms with Crippen molar-refractivity contribution >= 4 is 17.7 Å². The molecule has 1 aliphatic carbocycles. The summed E-state index contributed by atoms with van der Waals surface area (Å²) in [5, 5.41) is 3.70. The van der Waals surface area contributed by atoms with Gasteiger partial charge in [-0.1, -0.05) is 25.7 Å². The van der Waals surface area contributed by atoms with Gasteiger partial charge in [0.05, 0.1) is 6.61 Å². The number of carbonyl (C=O) groups is 1. The fraction of sp³-hybridized carbons (Fsp3) is 0.933. The molecule has 1 atom stereocenters. The monoisotopic (exact) mass is 285 g/mol. The molecule has 0 aromatic rings. The molecule has 0 aromatic heterocycles. The van der Waals surface area contributed by atoms with Crippen molar-refractivity contribution in [1.29, 1.82) is 0 Å². The summed E-state index contributed by atoms with van der Waals surface area (Å²) in [6.45, 7) is 2.38. The van der Waals surface area contributed by atoms with E-state index in [-0.39, 0.29) is 5.97 Å². The average Bonchev–Trinajstić information content (AvgIpc) is 2.69. The summed E-state index contributed by atoms with van der Waals surface area (Å²) < 4.78 is 5.34. The number of thioether (sulfide) groups is 1. The van der Waals surface area contributed by atoms with E-state index in [1.54, 1.807) is 0 Å². The molecule has 1 aliphatic heterocycles. The Balaban J connectivity index is 2.01. The highest BCUT2D eigenvalue weighted by molar-refractivity contribution is 7.99. The van der Waals surface area contributed by atoms with Crippen LogP contribution in [-0.4, -0.2) is 35.7 Å². The Kier molecular flexibility index (Phi) is 6.02. The Morgan fingerprint density at radius 2 is 2.00 bits per heavy atom. The first-order valence-corrected chi connectivity index (χ1v) is 8.95. The molecule has 2 rings (SSSR count). The highest BCUT2D eigenvalue weighted by Crippen LogP contribution is 2.30. The first-order chi connectivity index (χ1) is 9.27. The summed E-state index contributed by atoms with van der Waals surface area (Å²) in [6.07, 6.45) is 9.77. The maximum Gasteiger partial charge on any atom is 0.327 e. The third kappa shape index (κ3) is 4.12. The van der Waals surface area contributed by atoms with Gasteiger partial charge in [-0.3, -0.25) is 10.1 Å². The zero-order chi connectivity index (χ0) is 13.6. The lowest BCUT2D eigenvalue weighted by molar-refractivity contribution is -0.151. The van der Waals surface area contributed by atoms with E-state index in [0.717, 1.165) is 18.6 Å². The van der Waals surface area contributed by atoms with Crippen molar-refractivity contribution in [2.24, 2.45) is 0 Å². The van der Waals surface area contributed by atoms with Crippen LogP contribution in [0.25, 0.3) is 0 Å². The summed E-state index contributed by atoms with van der Waals surface area (Å²) in [5.74, 6) is 2.03. The molecule has 1 heterocycles. The van der Waals surface area contributed by atoms with Crippen LogP contribution in [0.15, 0.2) is 0 Å². The second-order valence-corrected chi connectivity index (χ2v) is 6.90. The van der Waals surface area contributed by atoms with Crippen molar-refractivity contribution in [3.63, 3.8) is 0 Å². The molecule has 0 amide bonds. The summed E-state index contributed by atoms with van der Waals surface area (Å²) >= 11 is 1.89. The number of nitrogens with one attached hydrogen (secondary N) is 1. The van der Waals surface area contributed by atoms with E-state index in [0.29, 0.717) is 12.6 Å². The molecule has 1 saturated carbocycles. The minimum atomic E-state index is -0.409. The average molecular weight is 285 g/mol. The molecule has 19 heavy (non-hydrogen) atoms. The Bertz CT molecular complexity index is 282. The molecule has 0 spiro atoms. The lowest BCUT2D eigenvalue weighted by atomic mass is 9.92. The summed E-state index contributed by atoms with van der Waals surface area (Å²) in [4.78, 5) is 12.4. The van der Waals surface area contributed by atoms with Crippen LogP contribution in [0.3, 0.4) is 0 Å². The molecule has 1 saturated heterocycles. The van der Waals surface area contributed by atoms with Gasteiger partial charge in [0.1, 0.15) is 5.54 Å². The lowest BCUT2D eigenvalue weighted by Gasteiger charge is -2.38. The Labute approximate surface area is 121 Å². The van der Waals surface area contributed by atoms with Crippen molar-refractivity contribution in [3.8, 4) is 0 Å². The molecular formula is C15H27NO2S. The Morgan fingerprint density at radius 1 is 1.26 bits per heavy atom. The van der Waals surface area contributed by atoms with Gasteiger partial charge in [0.15, 0.2) is 0 Å². The number of esters is 1. The molecule has 2 aliphatic rings. The van der Waals surface area contributed by atoms with Gasteiger partial charge in [-0.25, -0.2) is 0 Å². The van der Waals surface area contributed by atoms with Gasteiger partial charge in [0.2, 0.25) is 0 Å². The fourth-order valence-electron chi connectivity index (χ4n) is 3.21. The van der Waals surface area contributed by atoms with Crippen LogP contribution in [0.1, 0.15) is 58.3 Å². The largest absolute Gasteiger partial charge is 0.465 e. The zero-order valence-corrected chi connectivity index (χ0v) is 12.9. The van der Waals surface area contributed by atoms with Crippen molar-refractivity contribution in [1.82, 2.24) is 5.32 Å². The van der Waals surface area contributed by atoms with Gasteiger partial charge in [-0.2, -0.15) is 11.8 Å². The lowest BCUT2D eigenvalue weighted by Crippen LogP contribution is -2.59. The minimum absolute atomic E-state index is 0.0218. The van der Waals surface area contributed by atoms with Crippen LogP contribution in [-0.2, 0) is 9.53 Å². The maximum absolute atomic E-state index is 12.4.